The van der Waals surface area contributed by atoms with Crippen molar-refractivity contribution in [1.29, 1.82) is 0 Å². The Bertz CT molecular complexity index is 426. The van der Waals surface area contributed by atoms with Gasteiger partial charge < -0.3 is 14.9 Å². The fourth-order valence-corrected chi connectivity index (χ4v) is 1.64. The second-order valence-corrected chi connectivity index (χ2v) is 4.02. The largest absolute Gasteiger partial charge is 0.481 e. The van der Waals surface area contributed by atoms with Gasteiger partial charge in [-0.1, -0.05) is 12.1 Å². The van der Waals surface area contributed by atoms with E-state index in [2.05, 4.69) is 10.5 Å². The first-order valence-electron chi connectivity index (χ1n) is 6.01. The summed E-state index contributed by atoms with van der Waals surface area (Å²) in [6.45, 7) is 4.06. The third-order valence-electron chi connectivity index (χ3n) is 2.60. The smallest absolute Gasteiger partial charge is 0.303 e. The standard InChI is InChI=1S/C12H18N2O4/c1-3-9-11(8(2)18-14-9)12(17)13-7-5-4-6-10(15)16/h3-7H2,1-2H3,(H,13,17)(H,15,16). The van der Waals surface area contributed by atoms with Crippen molar-refractivity contribution in [2.45, 2.75) is 39.5 Å². The van der Waals surface area contributed by atoms with Gasteiger partial charge in [0, 0.05) is 13.0 Å². The highest BCUT2D eigenvalue weighted by Crippen LogP contribution is 2.13. The first-order valence-corrected chi connectivity index (χ1v) is 6.01. The molecule has 100 valence electrons. The average molecular weight is 254 g/mol. The number of hydrogen-bond donors (Lipinski definition) is 2. The van der Waals surface area contributed by atoms with Gasteiger partial charge in [-0.05, 0) is 26.2 Å². The molecular formula is C12H18N2O4. The molecule has 0 unspecified atom stereocenters. The maximum atomic E-state index is 11.9. The third-order valence-corrected chi connectivity index (χ3v) is 2.60. The molecular weight excluding hydrogens is 236 g/mol. The second kappa shape index (κ2) is 6.78. The molecule has 0 aromatic carbocycles. The summed E-state index contributed by atoms with van der Waals surface area (Å²) < 4.78 is 4.98. The number of rotatable bonds is 7. The van der Waals surface area contributed by atoms with Crippen LogP contribution < -0.4 is 5.32 Å². The Morgan fingerprint density at radius 3 is 2.72 bits per heavy atom. The lowest BCUT2D eigenvalue weighted by Gasteiger charge is -2.04. The number of amides is 1. The Morgan fingerprint density at radius 1 is 1.39 bits per heavy atom. The number of nitrogens with zero attached hydrogens (tertiary/aromatic N) is 1. The zero-order valence-electron chi connectivity index (χ0n) is 10.7. The number of nitrogens with one attached hydrogen (secondary N) is 1. The van der Waals surface area contributed by atoms with Crippen molar-refractivity contribution in [3.8, 4) is 0 Å². The first kappa shape index (κ1) is 14.2. The van der Waals surface area contributed by atoms with Crippen LogP contribution in [0.2, 0.25) is 0 Å². The Kier molecular flexibility index (Phi) is 5.35. The number of carboxylic acids is 1. The van der Waals surface area contributed by atoms with Crippen molar-refractivity contribution in [2.75, 3.05) is 6.54 Å². The molecule has 6 heteroatoms. The summed E-state index contributed by atoms with van der Waals surface area (Å²) in [6.07, 6.45) is 1.96. The van der Waals surface area contributed by atoms with Crippen molar-refractivity contribution in [2.24, 2.45) is 0 Å². The number of carbonyl (C=O) groups excluding carboxylic acids is 1. The lowest BCUT2D eigenvalue weighted by molar-refractivity contribution is -0.137. The van der Waals surface area contributed by atoms with Gasteiger partial charge in [-0.3, -0.25) is 9.59 Å². The number of carbonyl (C=O) groups is 2. The maximum absolute atomic E-state index is 11.9. The number of carboxylic acid groups (broad SMARTS) is 1. The van der Waals surface area contributed by atoms with Crippen LogP contribution in [-0.4, -0.2) is 28.7 Å². The van der Waals surface area contributed by atoms with Gasteiger partial charge in [-0.25, -0.2) is 0 Å². The van der Waals surface area contributed by atoms with Gasteiger partial charge in [0.2, 0.25) is 0 Å². The van der Waals surface area contributed by atoms with Gasteiger partial charge in [0.1, 0.15) is 11.3 Å². The summed E-state index contributed by atoms with van der Waals surface area (Å²) in [5.41, 5.74) is 1.14. The number of unbranched alkanes of at least 4 members (excludes halogenated alkanes) is 1. The minimum atomic E-state index is -0.815. The molecule has 1 amide bonds. The van der Waals surface area contributed by atoms with Gasteiger partial charge in [0.05, 0.1) is 5.69 Å². The molecule has 0 fully saturated rings. The zero-order valence-corrected chi connectivity index (χ0v) is 10.7. The summed E-state index contributed by atoms with van der Waals surface area (Å²) in [5.74, 6) is -0.514. The molecule has 1 rings (SSSR count). The van der Waals surface area contributed by atoms with Crippen LogP contribution in [0, 0.1) is 6.92 Å². The molecule has 6 nitrogen and oxygen atoms in total. The Labute approximate surface area is 105 Å². The summed E-state index contributed by atoms with van der Waals surface area (Å²) in [4.78, 5) is 22.2. The molecule has 0 spiro atoms. The van der Waals surface area contributed by atoms with Crippen LogP contribution >= 0.6 is 0 Å². The van der Waals surface area contributed by atoms with Gasteiger partial charge in [-0.2, -0.15) is 0 Å². The van der Waals surface area contributed by atoms with E-state index < -0.39 is 5.97 Å². The van der Waals surface area contributed by atoms with Crippen LogP contribution in [-0.2, 0) is 11.2 Å². The van der Waals surface area contributed by atoms with Crippen LogP contribution in [0.25, 0.3) is 0 Å². The van der Waals surface area contributed by atoms with Crippen molar-refractivity contribution in [3.63, 3.8) is 0 Å². The van der Waals surface area contributed by atoms with Crippen molar-refractivity contribution in [1.82, 2.24) is 10.5 Å². The minimum Gasteiger partial charge on any atom is -0.481 e. The van der Waals surface area contributed by atoms with Gasteiger partial charge in [-0.15, -0.1) is 0 Å². The van der Waals surface area contributed by atoms with Gasteiger partial charge >= 0.3 is 5.97 Å². The summed E-state index contributed by atoms with van der Waals surface area (Å²) in [6, 6.07) is 0. The Hall–Kier alpha value is -1.85. The van der Waals surface area contributed by atoms with Crippen LogP contribution in [0.3, 0.4) is 0 Å². The van der Waals surface area contributed by atoms with Gasteiger partial charge in [0.25, 0.3) is 5.91 Å². The molecule has 0 bridgehead atoms. The number of hydrogen-bond acceptors (Lipinski definition) is 4. The maximum Gasteiger partial charge on any atom is 0.303 e. The van der Waals surface area contributed by atoms with E-state index in [4.69, 9.17) is 9.63 Å². The Balaban J connectivity index is 2.41. The first-order chi connectivity index (χ1) is 8.56. The number of aliphatic carboxylic acids is 1. The van der Waals surface area contributed by atoms with E-state index in [1.54, 1.807) is 6.92 Å². The highest BCUT2D eigenvalue weighted by atomic mass is 16.5. The lowest BCUT2D eigenvalue weighted by Crippen LogP contribution is -2.25. The van der Waals surface area contributed by atoms with Crippen LogP contribution in [0.4, 0.5) is 0 Å². The van der Waals surface area contributed by atoms with E-state index in [0.29, 0.717) is 42.8 Å². The number of aromatic nitrogens is 1. The van der Waals surface area contributed by atoms with E-state index in [0.717, 1.165) is 0 Å². The fourth-order valence-electron chi connectivity index (χ4n) is 1.64. The monoisotopic (exact) mass is 254 g/mol. The molecule has 18 heavy (non-hydrogen) atoms. The summed E-state index contributed by atoms with van der Waals surface area (Å²) >= 11 is 0. The van der Waals surface area contributed by atoms with E-state index in [9.17, 15) is 9.59 Å². The molecule has 0 saturated heterocycles. The molecule has 0 saturated carbocycles. The summed E-state index contributed by atoms with van der Waals surface area (Å²) in [7, 11) is 0. The van der Waals surface area contributed by atoms with Crippen molar-refractivity contribution in [3.05, 3.63) is 17.0 Å². The molecule has 2 N–H and O–H groups in total. The molecule has 1 heterocycles. The van der Waals surface area contributed by atoms with Crippen molar-refractivity contribution >= 4 is 11.9 Å². The highest BCUT2D eigenvalue weighted by molar-refractivity contribution is 5.96. The zero-order chi connectivity index (χ0) is 13.5. The van der Waals surface area contributed by atoms with E-state index >= 15 is 0 Å². The molecule has 0 aliphatic heterocycles. The minimum absolute atomic E-state index is 0.127. The molecule has 1 aromatic heterocycles. The molecule has 0 aliphatic rings. The molecule has 1 aromatic rings. The number of aryl methyl sites for hydroxylation is 2. The van der Waals surface area contributed by atoms with Crippen molar-refractivity contribution < 1.29 is 19.2 Å². The Morgan fingerprint density at radius 2 is 2.11 bits per heavy atom. The molecule has 0 aliphatic carbocycles. The lowest BCUT2D eigenvalue weighted by atomic mass is 10.1. The highest BCUT2D eigenvalue weighted by Gasteiger charge is 2.18. The van der Waals surface area contributed by atoms with Crippen LogP contribution in [0.15, 0.2) is 4.52 Å². The average Bonchev–Trinajstić information content (AvgIpc) is 2.69. The van der Waals surface area contributed by atoms with Gasteiger partial charge in [0.15, 0.2) is 0 Å². The third kappa shape index (κ3) is 3.87. The predicted molar refractivity (Wildman–Crippen MR) is 64.4 cm³/mol. The van der Waals surface area contributed by atoms with Crippen LogP contribution in [0.5, 0.6) is 0 Å². The second-order valence-electron chi connectivity index (χ2n) is 4.02. The van der Waals surface area contributed by atoms with Crippen LogP contribution in [0.1, 0.15) is 48.0 Å². The fraction of sp³-hybridized carbons (Fsp3) is 0.583. The molecule has 0 atom stereocenters. The van der Waals surface area contributed by atoms with E-state index in [1.165, 1.54) is 0 Å². The topological polar surface area (TPSA) is 92.4 Å². The quantitative estimate of drug-likeness (QED) is 0.720. The summed E-state index contributed by atoms with van der Waals surface area (Å²) in [5, 5.41) is 15.0. The SMILES string of the molecule is CCc1noc(C)c1C(=O)NCCCCC(=O)O. The molecule has 0 radical (unpaired) electrons. The normalized spacial score (nSPS) is 10.3. The van der Waals surface area contributed by atoms with E-state index in [1.807, 2.05) is 6.92 Å². The van der Waals surface area contributed by atoms with E-state index in [-0.39, 0.29) is 12.3 Å². The predicted octanol–water partition coefficient (Wildman–Crippen LogP) is 1.53.